The van der Waals surface area contributed by atoms with Gasteiger partial charge in [0.05, 0.1) is 17.3 Å². The standard InChI is InChI=1S/C15H19N5O2/c1-5-20-13-10(7(2)17-15(16)18-13)6-11(14(20)21)12-8(3)19-22-9(12)4/h6,9,12H,5H2,1-4H3,(H2,16,17,18). The Morgan fingerprint density at radius 1 is 1.36 bits per heavy atom. The van der Waals surface area contributed by atoms with E-state index in [4.69, 9.17) is 10.6 Å². The Labute approximate surface area is 127 Å². The predicted octanol–water partition coefficient (Wildman–Crippen LogP) is 1.58. The molecule has 0 spiro atoms. The fourth-order valence-electron chi connectivity index (χ4n) is 3.05. The zero-order valence-corrected chi connectivity index (χ0v) is 13.1. The summed E-state index contributed by atoms with van der Waals surface area (Å²) in [5.74, 6) is 0.0290. The van der Waals surface area contributed by atoms with Crippen LogP contribution in [0.2, 0.25) is 0 Å². The lowest BCUT2D eigenvalue weighted by atomic mass is 9.91. The molecule has 0 radical (unpaired) electrons. The molecule has 2 unspecified atom stereocenters. The summed E-state index contributed by atoms with van der Waals surface area (Å²) in [6.07, 6.45) is -0.162. The van der Waals surface area contributed by atoms with Crippen LogP contribution in [0.4, 0.5) is 5.95 Å². The smallest absolute Gasteiger partial charge is 0.256 e. The number of nitrogens with zero attached hydrogens (tertiary/aromatic N) is 4. The van der Waals surface area contributed by atoms with Gasteiger partial charge in [-0.3, -0.25) is 9.36 Å². The third-order valence-electron chi connectivity index (χ3n) is 4.11. The number of aryl methyl sites for hydroxylation is 2. The summed E-state index contributed by atoms with van der Waals surface area (Å²) < 4.78 is 1.63. The quantitative estimate of drug-likeness (QED) is 0.908. The van der Waals surface area contributed by atoms with Crippen molar-refractivity contribution in [3.05, 3.63) is 27.7 Å². The minimum atomic E-state index is -0.162. The van der Waals surface area contributed by atoms with Crippen molar-refractivity contribution in [2.45, 2.75) is 46.3 Å². The summed E-state index contributed by atoms with van der Waals surface area (Å²) in [4.78, 5) is 26.6. The minimum Gasteiger partial charge on any atom is -0.392 e. The molecule has 22 heavy (non-hydrogen) atoms. The number of nitrogen functional groups attached to an aromatic ring is 1. The van der Waals surface area contributed by atoms with Crippen LogP contribution in [-0.2, 0) is 11.4 Å². The van der Waals surface area contributed by atoms with E-state index in [1.807, 2.05) is 33.8 Å². The van der Waals surface area contributed by atoms with Crippen LogP contribution in [-0.4, -0.2) is 26.4 Å². The third-order valence-corrected chi connectivity index (χ3v) is 4.11. The molecule has 2 aromatic heterocycles. The number of anilines is 1. The molecule has 2 atom stereocenters. The second-order valence-corrected chi connectivity index (χ2v) is 5.57. The van der Waals surface area contributed by atoms with Crippen LogP contribution < -0.4 is 11.3 Å². The molecule has 7 nitrogen and oxygen atoms in total. The number of oxime groups is 1. The second kappa shape index (κ2) is 5.08. The summed E-state index contributed by atoms with van der Waals surface area (Å²) in [5, 5.41) is 4.84. The van der Waals surface area contributed by atoms with E-state index in [1.54, 1.807) is 4.57 Å². The van der Waals surface area contributed by atoms with E-state index in [0.29, 0.717) is 17.8 Å². The van der Waals surface area contributed by atoms with Crippen LogP contribution in [0.5, 0.6) is 0 Å². The summed E-state index contributed by atoms with van der Waals surface area (Å²) in [5.41, 5.74) is 8.45. The number of hydrogen-bond acceptors (Lipinski definition) is 6. The molecule has 0 fully saturated rings. The number of rotatable bonds is 2. The maximum Gasteiger partial charge on any atom is 0.256 e. The average molecular weight is 301 g/mol. The molecule has 116 valence electrons. The fourth-order valence-corrected chi connectivity index (χ4v) is 3.05. The van der Waals surface area contributed by atoms with Crippen LogP contribution in [0.3, 0.4) is 0 Å². The van der Waals surface area contributed by atoms with E-state index in [1.165, 1.54) is 0 Å². The number of pyridine rings is 1. The van der Waals surface area contributed by atoms with E-state index in [2.05, 4.69) is 15.1 Å². The summed E-state index contributed by atoms with van der Waals surface area (Å²) >= 11 is 0. The van der Waals surface area contributed by atoms with E-state index in [9.17, 15) is 4.79 Å². The summed E-state index contributed by atoms with van der Waals surface area (Å²) in [7, 11) is 0. The van der Waals surface area contributed by atoms with Crippen LogP contribution >= 0.6 is 0 Å². The zero-order valence-electron chi connectivity index (χ0n) is 13.1. The molecule has 1 aliphatic rings. The lowest BCUT2D eigenvalue weighted by Crippen LogP contribution is -2.30. The maximum absolute atomic E-state index is 12.9. The molecule has 0 aromatic carbocycles. The van der Waals surface area contributed by atoms with Crippen molar-refractivity contribution in [1.29, 1.82) is 0 Å². The molecule has 1 aliphatic heterocycles. The SMILES string of the molecule is CCn1c(=O)c(C2C(C)=NOC2C)cc2c(C)nc(N)nc21. The van der Waals surface area contributed by atoms with Crippen molar-refractivity contribution in [2.75, 3.05) is 5.73 Å². The number of aromatic nitrogens is 3. The molecule has 0 saturated carbocycles. The fraction of sp³-hybridized carbons (Fsp3) is 0.467. The topological polar surface area (TPSA) is 95.4 Å². The van der Waals surface area contributed by atoms with Gasteiger partial charge in [-0.2, -0.15) is 4.98 Å². The van der Waals surface area contributed by atoms with E-state index in [-0.39, 0.29) is 23.5 Å². The molecule has 0 amide bonds. The minimum absolute atomic E-state index is 0.0793. The Balaban J connectivity index is 2.36. The van der Waals surface area contributed by atoms with E-state index < -0.39 is 0 Å². The van der Waals surface area contributed by atoms with Gasteiger partial charge < -0.3 is 10.6 Å². The van der Waals surface area contributed by atoms with E-state index >= 15 is 0 Å². The molecule has 3 rings (SSSR count). The number of hydrogen-bond donors (Lipinski definition) is 1. The van der Waals surface area contributed by atoms with Crippen LogP contribution in [0.1, 0.15) is 37.9 Å². The van der Waals surface area contributed by atoms with Gasteiger partial charge in [-0.05, 0) is 33.8 Å². The first-order valence-electron chi connectivity index (χ1n) is 7.32. The Morgan fingerprint density at radius 2 is 2.09 bits per heavy atom. The maximum atomic E-state index is 12.9. The van der Waals surface area contributed by atoms with Crippen molar-refractivity contribution in [1.82, 2.24) is 14.5 Å². The lowest BCUT2D eigenvalue weighted by molar-refractivity contribution is 0.0902. The second-order valence-electron chi connectivity index (χ2n) is 5.57. The highest BCUT2D eigenvalue weighted by Crippen LogP contribution is 2.29. The van der Waals surface area contributed by atoms with Crippen LogP contribution in [0, 0.1) is 6.92 Å². The average Bonchev–Trinajstić information content (AvgIpc) is 2.78. The van der Waals surface area contributed by atoms with Crippen LogP contribution in [0.15, 0.2) is 16.0 Å². The molecule has 7 heteroatoms. The van der Waals surface area contributed by atoms with E-state index in [0.717, 1.165) is 16.8 Å². The van der Waals surface area contributed by atoms with Gasteiger partial charge in [-0.25, -0.2) is 4.98 Å². The zero-order chi connectivity index (χ0) is 16.0. The van der Waals surface area contributed by atoms with Crippen molar-refractivity contribution in [3.8, 4) is 0 Å². The number of nitrogens with two attached hydrogens (primary N) is 1. The monoisotopic (exact) mass is 301 g/mol. The Morgan fingerprint density at radius 3 is 2.68 bits per heavy atom. The van der Waals surface area contributed by atoms with Gasteiger partial charge in [0, 0.05) is 17.5 Å². The Kier molecular flexibility index (Phi) is 3.35. The molecule has 0 aliphatic carbocycles. The first kappa shape index (κ1) is 14.5. The normalized spacial score (nSPS) is 21.0. The summed E-state index contributed by atoms with van der Waals surface area (Å²) in [6, 6.07) is 1.85. The Hall–Kier alpha value is -2.44. The third kappa shape index (κ3) is 2.04. The van der Waals surface area contributed by atoms with Gasteiger partial charge in [0.25, 0.3) is 5.56 Å². The van der Waals surface area contributed by atoms with Crippen molar-refractivity contribution in [3.63, 3.8) is 0 Å². The molecule has 3 heterocycles. The highest BCUT2D eigenvalue weighted by molar-refractivity contribution is 5.91. The Bertz CT molecular complexity index is 840. The highest BCUT2D eigenvalue weighted by Gasteiger charge is 2.32. The van der Waals surface area contributed by atoms with Gasteiger partial charge in [0.1, 0.15) is 11.8 Å². The van der Waals surface area contributed by atoms with Crippen LogP contribution in [0.25, 0.3) is 11.0 Å². The lowest BCUT2D eigenvalue weighted by Gasteiger charge is -2.17. The molecular formula is C15H19N5O2. The molecule has 2 aromatic rings. The van der Waals surface area contributed by atoms with Crippen molar-refractivity contribution in [2.24, 2.45) is 5.16 Å². The van der Waals surface area contributed by atoms with Crippen molar-refractivity contribution >= 4 is 22.7 Å². The van der Waals surface area contributed by atoms with Gasteiger partial charge in [0.2, 0.25) is 5.95 Å². The predicted molar refractivity (Wildman–Crippen MR) is 85.0 cm³/mol. The highest BCUT2D eigenvalue weighted by atomic mass is 16.6. The first-order valence-corrected chi connectivity index (χ1v) is 7.32. The first-order chi connectivity index (χ1) is 10.4. The molecule has 0 saturated heterocycles. The number of fused-ring (bicyclic) bond motifs is 1. The van der Waals surface area contributed by atoms with Gasteiger partial charge in [0.15, 0.2) is 0 Å². The van der Waals surface area contributed by atoms with Gasteiger partial charge >= 0.3 is 0 Å². The molecule has 2 N–H and O–H groups in total. The molecule has 0 bridgehead atoms. The molecular weight excluding hydrogens is 282 g/mol. The summed E-state index contributed by atoms with van der Waals surface area (Å²) in [6.45, 7) is 8.08. The van der Waals surface area contributed by atoms with Crippen molar-refractivity contribution < 1.29 is 4.84 Å². The van der Waals surface area contributed by atoms with Gasteiger partial charge in [-0.15, -0.1) is 0 Å². The largest absolute Gasteiger partial charge is 0.392 e. The van der Waals surface area contributed by atoms with Gasteiger partial charge in [-0.1, -0.05) is 5.16 Å².